The van der Waals surface area contributed by atoms with Gasteiger partial charge in [-0.1, -0.05) is 17.3 Å². The number of piperidine rings is 1. The molecule has 1 amide bonds. The van der Waals surface area contributed by atoms with Crippen LogP contribution < -0.4 is 0 Å². The summed E-state index contributed by atoms with van der Waals surface area (Å²) in [6.45, 7) is 1.52. The van der Waals surface area contributed by atoms with Gasteiger partial charge in [-0.2, -0.15) is 0 Å². The molecule has 3 heterocycles. The van der Waals surface area contributed by atoms with Gasteiger partial charge >= 0.3 is 0 Å². The Hall–Kier alpha value is -2.21. The minimum atomic E-state index is 0.0303. The predicted molar refractivity (Wildman–Crippen MR) is 101 cm³/mol. The largest absolute Gasteiger partial charge is 0.360 e. The molecular formula is C20H21N3O2S. The van der Waals surface area contributed by atoms with Crippen LogP contribution in [0.25, 0.3) is 10.2 Å². The number of fused-ring (bicyclic) bond motifs is 2. The van der Waals surface area contributed by atoms with E-state index < -0.39 is 0 Å². The number of para-hydroxylation sites is 1. The molecule has 1 atom stereocenters. The van der Waals surface area contributed by atoms with Crippen LogP contribution in [-0.2, 0) is 12.8 Å². The van der Waals surface area contributed by atoms with Gasteiger partial charge in [-0.15, -0.1) is 11.3 Å². The monoisotopic (exact) mass is 367 g/mol. The number of likely N-dealkylation sites (tertiary alicyclic amines) is 1. The zero-order valence-corrected chi connectivity index (χ0v) is 15.4. The minimum Gasteiger partial charge on any atom is -0.360 e. The van der Waals surface area contributed by atoms with E-state index in [4.69, 9.17) is 9.51 Å². The number of benzene rings is 1. The molecule has 0 spiro atoms. The molecule has 3 aromatic rings. The smallest absolute Gasteiger partial charge is 0.276 e. The third-order valence-electron chi connectivity index (χ3n) is 5.52. The van der Waals surface area contributed by atoms with Gasteiger partial charge in [0.25, 0.3) is 5.91 Å². The lowest BCUT2D eigenvalue weighted by Gasteiger charge is -2.31. The first-order chi connectivity index (χ1) is 12.8. The molecule has 6 heteroatoms. The average Bonchev–Trinajstić information content (AvgIpc) is 3.32. The summed E-state index contributed by atoms with van der Waals surface area (Å²) in [7, 11) is 0. The van der Waals surface area contributed by atoms with Crippen molar-refractivity contribution in [2.45, 2.75) is 44.4 Å². The molecule has 0 radical (unpaired) electrons. The van der Waals surface area contributed by atoms with E-state index in [2.05, 4.69) is 23.4 Å². The number of thiazole rings is 1. The van der Waals surface area contributed by atoms with Crippen molar-refractivity contribution >= 4 is 27.5 Å². The number of aryl methyl sites for hydroxylation is 1. The third-order valence-corrected chi connectivity index (χ3v) is 6.72. The van der Waals surface area contributed by atoms with E-state index in [1.165, 1.54) is 4.70 Å². The summed E-state index contributed by atoms with van der Waals surface area (Å²) in [5.41, 5.74) is 2.65. The van der Waals surface area contributed by atoms with Crippen molar-refractivity contribution in [3.63, 3.8) is 0 Å². The summed E-state index contributed by atoms with van der Waals surface area (Å²) in [5.74, 6) is 1.26. The molecule has 0 unspecified atom stereocenters. The highest BCUT2D eigenvalue weighted by atomic mass is 32.1. The zero-order chi connectivity index (χ0) is 17.5. The van der Waals surface area contributed by atoms with E-state index in [0.717, 1.165) is 73.5 Å². The van der Waals surface area contributed by atoms with E-state index in [9.17, 15) is 4.79 Å². The number of rotatable bonds is 2. The van der Waals surface area contributed by atoms with Crippen LogP contribution in [-0.4, -0.2) is 34.0 Å². The number of hydrogen-bond acceptors (Lipinski definition) is 5. The first kappa shape index (κ1) is 16.0. The van der Waals surface area contributed by atoms with E-state index in [0.29, 0.717) is 11.6 Å². The summed E-state index contributed by atoms with van der Waals surface area (Å²) in [6.07, 6.45) is 6.15. The molecule has 134 valence electrons. The maximum Gasteiger partial charge on any atom is 0.276 e. The topological polar surface area (TPSA) is 59.2 Å². The number of amides is 1. The van der Waals surface area contributed by atoms with Crippen molar-refractivity contribution in [1.29, 1.82) is 0 Å². The molecule has 1 fully saturated rings. The molecule has 1 aliphatic carbocycles. The Balaban J connectivity index is 1.38. The average molecular weight is 367 g/mol. The fourth-order valence-corrected chi connectivity index (χ4v) is 5.22. The Morgan fingerprint density at radius 3 is 3.00 bits per heavy atom. The molecule has 1 aliphatic heterocycles. The zero-order valence-electron chi connectivity index (χ0n) is 14.6. The Bertz CT molecular complexity index is 928. The van der Waals surface area contributed by atoms with Gasteiger partial charge in [0.05, 0.1) is 15.2 Å². The van der Waals surface area contributed by atoms with Crippen molar-refractivity contribution in [3.8, 4) is 0 Å². The number of carbonyl (C=O) groups is 1. The van der Waals surface area contributed by atoms with Crippen LogP contribution in [0.15, 0.2) is 28.8 Å². The number of nitrogens with zero attached hydrogens (tertiary/aromatic N) is 3. The first-order valence-electron chi connectivity index (χ1n) is 9.42. The van der Waals surface area contributed by atoms with Gasteiger partial charge in [-0.05, 0) is 44.2 Å². The van der Waals surface area contributed by atoms with Crippen LogP contribution in [0.3, 0.4) is 0 Å². The normalized spacial score (nSPS) is 20.3. The number of hydrogen-bond donors (Lipinski definition) is 0. The van der Waals surface area contributed by atoms with Crippen molar-refractivity contribution in [2.75, 3.05) is 13.1 Å². The summed E-state index contributed by atoms with van der Waals surface area (Å²) in [5, 5.41) is 5.27. The summed E-state index contributed by atoms with van der Waals surface area (Å²) >= 11 is 1.75. The van der Waals surface area contributed by atoms with Crippen LogP contribution in [0, 0.1) is 0 Å². The van der Waals surface area contributed by atoms with Crippen LogP contribution in [0.5, 0.6) is 0 Å². The molecule has 0 saturated carbocycles. The second-order valence-corrected chi connectivity index (χ2v) is 8.31. The highest BCUT2D eigenvalue weighted by Gasteiger charge is 2.31. The second-order valence-electron chi connectivity index (χ2n) is 7.25. The Morgan fingerprint density at radius 2 is 2.08 bits per heavy atom. The van der Waals surface area contributed by atoms with E-state index in [-0.39, 0.29) is 5.91 Å². The summed E-state index contributed by atoms with van der Waals surface area (Å²) < 4.78 is 6.66. The molecule has 0 bridgehead atoms. The maximum absolute atomic E-state index is 13.1. The lowest BCUT2D eigenvalue weighted by atomic mass is 9.95. The molecule has 2 aromatic heterocycles. The van der Waals surface area contributed by atoms with Crippen molar-refractivity contribution in [2.24, 2.45) is 0 Å². The van der Waals surface area contributed by atoms with Crippen LogP contribution in [0.2, 0.25) is 0 Å². The number of carbonyl (C=O) groups excluding carboxylic acids is 1. The van der Waals surface area contributed by atoms with Gasteiger partial charge < -0.3 is 9.42 Å². The molecule has 2 aliphatic rings. The highest BCUT2D eigenvalue weighted by molar-refractivity contribution is 7.18. The van der Waals surface area contributed by atoms with Gasteiger partial charge in [0.2, 0.25) is 0 Å². The van der Waals surface area contributed by atoms with Crippen LogP contribution in [0.4, 0.5) is 0 Å². The summed E-state index contributed by atoms with van der Waals surface area (Å²) in [6, 6.07) is 8.25. The lowest BCUT2D eigenvalue weighted by Crippen LogP contribution is -2.39. The van der Waals surface area contributed by atoms with E-state index >= 15 is 0 Å². The Labute approximate surface area is 156 Å². The fraction of sp³-hybridized carbons (Fsp3) is 0.450. The Morgan fingerprint density at radius 1 is 1.19 bits per heavy atom. The predicted octanol–water partition coefficient (Wildman–Crippen LogP) is 4.18. The standard InChI is InChI=1S/C20H21N3O2S/c24-20(18-14-7-1-3-9-16(14)25-22-18)23-11-5-6-13(12-23)19-21-15-8-2-4-10-17(15)26-19/h2,4,8,10,13H,1,3,5-7,9,11-12H2/t13-/m1/s1. The van der Waals surface area contributed by atoms with Gasteiger partial charge in [-0.3, -0.25) is 4.79 Å². The van der Waals surface area contributed by atoms with Crippen LogP contribution in [0.1, 0.15) is 58.4 Å². The molecular weight excluding hydrogens is 346 g/mol. The molecule has 5 rings (SSSR count). The first-order valence-corrected chi connectivity index (χ1v) is 10.2. The highest BCUT2D eigenvalue weighted by Crippen LogP contribution is 2.34. The lowest BCUT2D eigenvalue weighted by molar-refractivity contribution is 0.0695. The van der Waals surface area contributed by atoms with E-state index in [1.54, 1.807) is 11.3 Å². The van der Waals surface area contributed by atoms with Gasteiger partial charge in [0, 0.05) is 31.0 Å². The van der Waals surface area contributed by atoms with Gasteiger partial charge in [-0.25, -0.2) is 4.98 Å². The van der Waals surface area contributed by atoms with Crippen molar-refractivity contribution in [1.82, 2.24) is 15.0 Å². The minimum absolute atomic E-state index is 0.0303. The quantitative estimate of drug-likeness (QED) is 0.682. The van der Waals surface area contributed by atoms with Crippen molar-refractivity contribution < 1.29 is 9.32 Å². The molecule has 26 heavy (non-hydrogen) atoms. The Kier molecular flexibility index (Phi) is 4.00. The second kappa shape index (κ2) is 6.50. The van der Waals surface area contributed by atoms with Crippen molar-refractivity contribution in [3.05, 3.63) is 46.3 Å². The van der Waals surface area contributed by atoms with Gasteiger partial charge in [0.1, 0.15) is 5.76 Å². The summed E-state index contributed by atoms with van der Waals surface area (Å²) in [4.78, 5) is 19.8. The van der Waals surface area contributed by atoms with Crippen LogP contribution >= 0.6 is 11.3 Å². The molecule has 1 aromatic carbocycles. The molecule has 1 saturated heterocycles. The third kappa shape index (κ3) is 2.72. The van der Waals surface area contributed by atoms with E-state index in [1.807, 2.05) is 11.0 Å². The SMILES string of the molecule is O=C(c1noc2c1CCCC2)N1CCC[C@@H](c2nc3ccccc3s2)C1. The maximum atomic E-state index is 13.1. The number of aromatic nitrogens is 2. The fourth-order valence-electron chi connectivity index (χ4n) is 4.13. The molecule has 5 nitrogen and oxygen atoms in total. The van der Waals surface area contributed by atoms with Gasteiger partial charge in [0.15, 0.2) is 5.69 Å². The molecule has 0 N–H and O–H groups in total.